The molecule has 3 rings (SSSR count). The number of carbonyl (C=O) groups excluding carboxylic acids is 1. The van der Waals surface area contributed by atoms with E-state index in [1.807, 2.05) is 24.3 Å². The molecule has 0 amide bonds. The second kappa shape index (κ2) is 8.40. The molecule has 8 heteroatoms. The van der Waals surface area contributed by atoms with Gasteiger partial charge in [-0.2, -0.15) is 5.10 Å². The lowest BCUT2D eigenvalue weighted by Crippen LogP contribution is -1.94. The highest BCUT2D eigenvalue weighted by Gasteiger charge is 2.06. The number of carbonyl (C=O) groups is 1. The first kappa shape index (κ1) is 18.5. The Labute approximate surface area is 164 Å². The predicted octanol–water partition coefficient (Wildman–Crippen LogP) is 5.08. The van der Waals surface area contributed by atoms with Crippen LogP contribution in [0.3, 0.4) is 0 Å². The minimum atomic E-state index is 0.0445. The van der Waals surface area contributed by atoms with Crippen LogP contribution in [0.2, 0.25) is 10.0 Å². The van der Waals surface area contributed by atoms with E-state index in [2.05, 4.69) is 20.7 Å². The van der Waals surface area contributed by atoms with Gasteiger partial charge in [-0.15, -0.1) is 10.2 Å². The first-order valence-corrected chi connectivity index (χ1v) is 9.25. The third-order valence-electron chi connectivity index (χ3n) is 3.47. The number of rotatable bonds is 6. The second-order valence-corrected chi connectivity index (χ2v) is 7.35. The van der Waals surface area contributed by atoms with Gasteiger partial charge in [-0.25, -0.2) is 0 Å². The minimum absolute atomic E-state index is 0.0445. The maximum atomic E-state index is 11.5. The molecule has 0 bridgehead atoms. The molecule has 0 unspecified atom stereocenters. The van der Waals surface area contributed by atoms with E-state index in [1.165, 1.54) is 11.3 Å². The maximum Gasteiger partial charge on any atom is 0.225 e. The van der Waals surface area contributed by atoms with Crippen LogP contribution in [-0.4, -0.2) is 22.2 Å². The van der Waals surface area contributed by atoms with Gasteiger partial charge < -0.3 is 0 Å². The Bertz CT molecular complexity index is 971. The molecule has 5 nitrogen and oxygen atoms in total. The number of benzene rings is 2. The second-order valence-electron chi connectivity index (χ2n) is 5.48. The summed E-state index contributed by atoms with van der Waals surface area (Å²) in [5.74, 6) is 0.0445. The summed E-state index contributed by atoms with van der Waals surface area (Å²) >= 11 is 13.2. The Hall–Kier alpha value is -2.28. The Morgan fingerprint density at radius 1 is 1.19 bits per heavy atom. The topological polar surface area (TPSA) is 67.2 Å². The van der Waals surface area contributed by atoms with Crippen LogP contribution in [0.1, 0.15) is 33.4 Å². The van der Waals surface area contributed by atoms with Gasteiger partial charge in [-0.1, -0.05) is 58.8 Å². The van der Waals surface area contributed by atoms with Gasteiger partial charge in [0.15, 0.2) is 5.78 Å². The van der Waals surface area contributed by atoms with E-state index in [9.17, 15) is 4.79 Å². The Balaban J connectivity index is 1.62. The normalized spacial score (nSPS) is 11.0. The minimum Gasteiger partial charge on any atom is -0.295 e. The first-order chi connectivity index (χ1) is 12.5. The predicted molar refractivity (Wildman–Crippen MR) is 107 cm³/mol. The van der Waals surface area contributed by atoms with Gasteiger partial charge in [-0.05, 0) is 36.2 Å². The van der Waals surface area contributed by atoms with Gasteiger partial charge in [0, 0.05) is 12.0 Å². The Kier molecular flexibility index (Phi) is 5.98. The zero-order valence-electron chi connectivity index (χ0n) is 13.7. The van der Waals surface area contributed by atoms with Crippen molar-refractivity contribution in [3.8, 4) is 0 Å². The average Bonchev–Trinajstić information content (AvgIpc) is 3.05. The lowest BCUT2D eigenvalue weighted by molar-refractivity contribution is 0.101. The van der Waals surface area contributed by atoms with Gasteiger partial charge in [0.2, 0.25) is 5.13 Å². The van der Waals surface area contributed by atoms with Crippen molar-refractivity contribution in [2.45, 2.75) is 13.3 Å². The Morgan fingerprint density at radius 3 is 2.81 bits per heavy atom. The quantitative estimate of drug-likeness (QED) is 0.353. The molecule has 0 saturated carbocycles. The molecule has 1 N–H and O–H groups in total. The third-order valence-corrected chi connectivity index (χ3v) is 5.04. The van der Waals surface area contributed by atoms with Crippen LogP contribution in [-0.2, 0) is 6.42 Å². The lowest BCUT2D eigenvalue weighted by atomic mass is 10.1. The van der Waals surface area contributed by atoms with Crippen LogP contribution in [0, 0.1) is 0 Å². The van der Waals surface area contributed by atoms with Crippen molar-refractivity contribution in [3.05, 3.63) is 74.2 Å². The van der Waals surface area contributed by atoms with E-state index >= 15 is 0 Å². The molecule has 1 heterocycles. The van der Waals surface area contributed by atoms with Crippen molar-refractivity contribution < 1.29 is 4.79 Å². The molecular formula is C18H14Cl2N4OS. The molecule has 3 aromatic rings. The molecule has 26 heavy (non-hydrogen) atoms. The lowest BCUT2D eigenvalue weighted by Gasteiger charge is -2.00. The summed E-state index contributed by atoms with van der Waals surface area (Å²) in [5.41, 5.74) is 5.37. The zero-order chi connectivity index (χ0) is 18.5. The molecule has 0 aliphatic rings. The van der Waals surface area contributed by atoms with Crippen molar-refractivity contribution in [2.75, 3.05) is 5.43 Å². The van der Waals surface area contributed by atoms with Crippen LogP contribution >= 0.6 is 34.5 Å². The van der Waals surface area contributed by atoms with Gasteiger partial charge in [0.05, 0.1) is 16.3 Å². The summed E-state index contributed by atoms with van der Waals surface area (Å²) in [4.78, 5) is 11.5. The monoisotopic (exact) mass is 404 g/mol. The van der Waals surface area contributed by atoms with Crippen molar-refractivity contribution in [3.63, 3.8) is 0 Å². The van der Waals surface area contributed by atoms with Gasteiger partial charge >= 0.3 is 0 Å². The maximum absolute atomic E-state index is 11.5. The smallest absolute Gasteiger partial charge is 0.225 e. The Morgan fingerprint density at radius 2 is 2.04 bits per heavy atom. The number of nitrogens with one attached hydrogen (secondary N) is 1. The molecule has 0 saturated heterocycles. The first-order valence-electron chi connectivity index (χ1n) is 7.67. The average molecular weight is 405 g/mol. The summed E-state index contributed by atoms with van der Waals surface area (Å²) < 4.78 is 0. The molecule has 0 fully saturated rings. The fraction of sp³-hybridized carbons (Fsp3) is 0.111. The summed E-state index contributed by atoms with van der Waals surface area (Å²) in [6, 6.07) is 12.8. The number of hydrogen-bond acceptors (Lipinski definition) is 6. The number of hydrazone groups is 1. The molecule has 0 atom stereocenters. The number of anilines is 1. The number of aromatic nitrogens is 2. The number of ketones is 1. The van der Waals surface area contributed by atoms with E-state index in [4.69, 9.17) is 23.2 Å². The molecular weight excluding hydrogens is 391 g/mol. The van der Waals surface area contributed by atoms with Gasteiger partial charge in [0.25, 0.3) is 0 Å². The molecule has 0 spiro atoms. The van der Waals surface area contributed by atoms with E-state index in [1.54, 1.807) is 31.3 Å². The molecule has 2 aromatic carbocycles. The fourth-order valence-corrected chi connectivity index (χ4v) is 3.23. The van der Waals surface area contributed by atoms with E-state index in [-0.39, 0.29) is 5.78 Å². The number of halogens is 2. The van der Waals surface area contributed by atoms with Crippen LogP contribution in [0.4, 0.5) is 5.13 Å². The number of Topliss-reactive ketones (excluding diaryl/α,β-unsaturated/α-hetero) is 1. The van der Waals surface area contributed by atoms with Crippen LogP contribution < -0.4 is 5.43 Å². The van der Waals surface area contributed by atoms with Gasteiger partial charge in [0.1, 0.15) is 5.01 Å². The summed E-state index contributed by atoms with van der Waals surface area (Å²) in [5, 5.41) is 14.7. The standard InChI is InChI=1S/C18H14Cl2N4OS/c1-11(25)14-4-2-3-12(7-14)9-17-22-24-18(26-17)23-21-10-13-5-6-15(19)16(20)8-13/h2-8,10H,9H2,1H3,(H,23,24)/b21-10+. The molecule has 0 aliphatic carbocycles. The van der Waals surface area contributed by atoms with Gasteiger partial charge in [-0.3, -0.25) is 10.2 Å². The van der Waals surface area contributed by atoms with Crippen LogP contribution in [0.5, 0.6) is 0 Å². The fourth-order valence-electron chi connectivity index (χ4n) is 2.20. The zero-order valence-corrected chi connectivity index (χ0v) is 16.1. The number of nitrogens with zero attached hydrogens (tertiary/aromatic N) is 3. The molecule has 0 aliphatic heterocycles. The highest BCUT2D eigenvalue weighted by atomic mass is 35.5. The van der Waals surface area contributed by atoms with Crippen molar-refractivity contribution in [1.29, 1.82) is 0 Å². The van der Waals surface area contributed by atoms with Crippen molar-refractivity contribution in [2.24, 2.45) is 5.10 Å². The summed E-state index contributed by atoms with van der Waals surface area (Å²) in [6.07, 6.45) is 2.23. The molecule has 132 valence electrons. The van der Waals surface area contributed by atoms with Crippen molar-refractivity contribution >= 4 is 51.7 Å². The van der Waals surface area contributed by atoms with E-state index in [0.717, 1.165) is 16.1 Å². The summed E-state index contributed by atoms with van der Waals surface area (Å²) in [6.45, 7) is 1.55. The molecule has 0 radical (unpaired) electrons. The van der Waals surface area contributed by atoms with Crippen LogP contribution in [0.15, 0.2) is 47.6 Å². The largest absolute Gasteiger partial charge is 0.295 e. The van der Waals surface area contributed by atoms with E-state index in [0.29, 0.717) is 27.2 Å². The molecule has 1 aromatic heterocycles. The highest BCUT2D eigenvalue weighted by molar-refractivity contribution is 7.15. The highest BCUT2D eigenvalue weighted by Crippen LogP contribution is 2.22. The van der Waals surface area contributed by atoms with E-state index < -0.39 is 0 Å². The van der Waals surface area contributed by atoms with Crippen molar-refractivity contribution in [1.82, 2.24) is 10.2 Å². The third kappa shape index (κ3) is 4.88. The SMILES string of the molecule is CC(=O)c1cccc(Cc2nnc(N/N=C/c3ccc(Cl)c(Cl)c3)s2)c1. The van der Waals surface area contributed by atoms with Crippen LogP contribution in [0.25, 0.3) is 0 Å². The number of hydrogen-bond donors (Lipinski definition) is 1. The summed E-state index contributed by atoms with van der Waals surface area (Å²) in [7, 11) is 0.